The molecule has 3 rings (SSSR count). The van der Waals surface area contributed by atoms with Gasteiger partial charge in [-0.15, -0.1) is 0 Å². The Labute approximate surface area is 149 Å². The highest BCUT2D eigenvalue weighted by Crippen LogP contribution is 2.13. The maximum absolute atomic E-state index is 12.4. The van der Waals surface area contributed by atoms with Gasteiger partial charge >= 0.3 is 5.69 Å². The number of hydrogen-bond donors (Lipinski definition) is 1. The Morgan fingerprint density at radius 3 is 2.46 bits per heavy atom. The van der Waals surface area contributed by atoms with Crippen molar-refractivity contribution in [3.05, 3.63) is 38.3 Å². The van der Waals surface area contributed by atoms with Crippen LogP contribution in [0.25, 0.3) is 11.2 Å². The topological polar surface area (TPSA) is 104 Å². The fraction of sp³-hybridized carbons (Fsp3) is 0.438. The van der Waals surface area contributed by atoms with Gasteiger partial charge in [0.15, 0.2) is 11.2 Å². The zero-order chi connectivity index (χ0) is 19.2. The number of imidazole rings is 1. The van der Waals surface area contributed by atoms with Crippen molar-refractivity contribution in [2.75, 3.05) is 5.43 Å². The van der Waals surface area contributed by atoms with Crippen molar-refractivity contribution < 1.29 is 0 Å². The molecule has 0 spiro atoms. The number of hydrazone groups is 1. The molecule has 138 valence electrons. The average Bonchev–Trinajstić information content (AvgIpc) is 3.08. The van der Waals surface area contributed by atoms with Gasteiger partial charge in [0.2, 0.25) is 5.95 Å². The van der Waals surface area contributed by atoms with Crippen LogP contribution in [0, 0.1) is 13.8 Å². The summed E-state index contributed by atoms with van der Waals surface area (Å²) >= 11 is 0. The summed E-state index contributed by atoms with van der Waals surface area (Å²) < 4.78 is 5.86. The molecule has 3 heterocycles. The first-order valence-electron chi connectivity index (χ1n) is 8.13. The van der Waals surface area contributed by atoms with E-state index in [1.54, 1.807) is 18.7 Å². The van der Waals surface area contributed by atoms with Gasteiger partial charge in [0, 0.05) is 26.8 Å². The van der Waals surface area contributed by atoms with E-state index in [1.165, 1.54) is 11.6 Å². The van der Waals surface area contributed by atoms with Gasteiger partial charge in [-0.25, -0.2) is 10.2 Å². The molecule has 0 aliphatic carbocycles. The van der Waals surface area contributed by atoms with Gasteiger partial charge in [-0.1, -0.05) is 0 Å². The summed E-state index contributed by atoms with van der Waals surface area (Å²) in [5.41, 5.74) is 5.52. The number of aromatic nitrogens is 6. The second kappa shape index (κ2) is 6.28. The molecule has 10 heteroatoms. The summed E-state index contributed by atoms with van der Waals surface area (Å²) in [6, 6.07) is 2.00. The molecule has 0 saturated carbocycles. The number of aryl methyl sites for hydroxylation is 4. The van der Waals surface area contributed by atoms with E-state index < -0.39 is 11.2 Å². The molecular formula is C16H22N8O2. The minimum absolute atomic E-state index is 0.314. The van der Waals surface area contributed by atoms with Crippen molar-refractivity contribution in [1.82, 2.24) is 28.5 Å². The van der Waals surface area contributed by atoms with Gasteiger partial charge in [-0.2, -0.15) is 15.2 Å². The summed E-state index contributed by atoms with van der Waals surface area (Å²) in [6.07, 6.45) is 0. The second-order valence-corrected chi connectivity index (χ2v) is 6.42. The Morgan fingerprint density at radius 1 is 1.15 bits per heavy atom. The van der Waals surface area contributed by atoms with Crippen molar-refractivity contribution in [2.24, 2.45) is 26.2 Å². The predicted molar refractivity (Wildman–Crippen MR) is 99.6 cm³/mol. The third-order valence-corrected chi connectivity index (χ3v) is 4.30. The van der Waals surface area contributed by atoms with Gasteiger partial charge in [0.1, 0.15) is 0 Å². The lowest BCUT2D eigenvalue weighted by Crippen LogP contribution is -2.37. The van der Waals surface area contributed by atoms with E-state index in [0.717, 1.165) is 21.7 Å². The molecule has 10 nitrogen and oxygen atoms in total. The van der Waals surface area contributed by atoms with Gasteiger partial charge in [-0.05, 0) is 26.8 Å². The molecule has 0 aromatic carbocycles. The first kappa shape index (κ1) is 17.6. The largest absolute Gasteiger partial charge is 0.332 e. The fourth-order valence-electron chi connectivity index (χ4n) is 2.85. The van der Waals surface area contributed by atoms with Crippen LogP contribution in [-0.2, 0) is 27.7 Å². The summed E-state index contributed by atoms with van der Waals surface area (Å²) in [7, 11) is 4.73. The first-order valence-corrected chi connectivity index (χ1v) is 8.13. The number of nitrogens with one attached hydrogen (secondary N) is 1. The second-order valence-electron chi connectivity index (χ2n) is 6.42. The van der Waals surface area contributed by atoms with E-state index in [0.29, 0.717) is 23.7 Å². The Hall–Kier alpha value is -3.17. The molecular weight excluding hydrogens is 336 g/mol. The van der Waals surface area contributed by atoms with Crippen LogP contribution in [0.1, 0.15) is 18.3 Å². The summed E-state index contributed by atoms with van der Waals surface area (Å²) in [6.45, 7) is 6.35. The van der Waals surface area contributed by atoms with Crippen molar-refractivity contribution in [3.63, 3.8) is 0 Å². The van der Waals surface area contributed by atoms with Crippen LogP contribution in [0.5, 0.6) is 0 Å². The van der Waals surface area contributed by atoms with Crippen LogP contribution in [0.3, 0.4) is 0 Å². The normalized spacial score (nSPS) is 12.2. The smallest absolute Gasteiger partial charge is 0.306 e. The third kappa shape index (κ3) is 2.83. The lowest BCUT2D eigenvalue weighted by Gasteiger charge is -2.05. The minimum Gasteiger partial charge on any atom is -0.306 e. The lowest BCUT2D eigenvalue weighted by atomic mass is 10.4. The van der Waals surface area contributed by atoms with E-state index in [2.05, 4.69) is 20.6 Å². The van der Waals surface area contributed by atoms with E-state index in [-0.39, 0.29) is 0 Å². The van der Waals surface area contributed by atoms with Gasteiger partial charge < -0.3 is 4.57 Å². The van der Waals surface area contributed by atoms with Crippen LogP contribution in [0.4, 0.5) is 5.95 Å². The van der Waals surface area contributed by atoms with E-state index in [4.69, 9.17) is 0 Å². The molecule has 0 saturated heterocycles. The van der Waals surface area contributed by atoms with Crippen molar-refractivity contribution >= 4 is 22.8 Å². The molecule has 0 unspecified atom stereocenters. The van der Waals surface area contributed by atoms with E-state index >= 15 is 0 Å². The highest BCUT2D eigenvalue weighted by molar-refractivity contribution is 5.82. The molecule has 0 amide bonds. The molecule has 3 aromatic heterocycles. The van der Waals surface area contributed by atoms with Crippen LogP contribution < -0.4 is 16.7 Å². The highest BCUT2D eigenvalue weighted by Gasteiger charge is 2.16. The minimum atomic E-state index is -0.420. The molecule has 3 aromatic rings. The van der Waals surface area contributed by atoms with Crippen LogP contribution in [0.15, 0.2) is 20.8 Å². The molecule has 0 aliphatic rings. The van der Waals surface area contributed by atoms with Crippen molar-refractivity contribution in [3.8, 4) is 0 Å². The predicted octanol–water partition coefficient (Wildman–Crippen LogP) is 0.272. The Kier molecular flexibility index (Phi) is 4.26. The fourth-order valence-corrected chi connectivity index (χ4v) is 2.85. The molecule has 0 atom stereocenters. The number of fused-ring (bicyclic) bond motifs is 1. The Bertz CT molecular complexity index is 1140. The standard InChI is InChI=1S/C16H22N8O2/c1-9-7-11(3)24(20-9)8-10(2)18-19-15-17-13-12(21(15)4)14(25)23(6)16(26)22(13)5/h7H,8H2,1-6H3,(H,17,19). The molecule has 1 N–H and O–H groups in total. The number of rotatable bonds is 4. The van der Waals surface area contributed by atoms with Crippen LogP contribution in [-0.4, -0.2) is 34.2 Å². The Morgan fingerprint density at radius 2 is 1.85 bits per heavy atom. The quantitative estimate of drug-likeness (QED) is 0.533. The third-order valence-electron chi connectivity index (χ3n) is 4.30. The van der Waals surface area contributed by atoms with Crippen LogP contribution >= 0.6 is 0 Å². The van der Waals surface area contributed by atoms with Crippen molar-refractivity contribution in [1.29, 1.82) is 0 Å². The molecule has 0 radical (unpaired) electrons. The maximum Gasteiger partial charge on any atom is 0.332 e. The zero-order valence-electron chi connectivity index (χ0n) is 15.7. The molecule has 26 heavy (non-hydrogen) atoms. The summed E-state index contributed by atoms with van der Waals surface area (Å²) in [4.78, 5) is 28.8. The molecule has 0 aliphatic heterocycles. The number of nitrogens with zero attached hydrogens (tertiary/aromatic N) is 7. The summed E-state index contributed by atoms with van der Waals surface area (Å²) in [5, 5.41) is 8.73. The van der Waals surface area contributed by atoms with E-state index in [9.17, 15) is 9.59 Å². The zero-order valence-corrected chi connectivity index (χ0v) is 15.7. The number of hydrogen-bond acceptors (Lipinski definition) is 6. The van der Waals surface area contributed by atoms with Crippen molar-refractivity contribution in [2.45, 2.75) is 27.3 Å². The summed E-state index contributed by atoms with van der Waals surface area (Å²) in [5.74, 6) is 0.381. The molecule has 0 fully saturated rings. The monoisotopic (exact) mass is 358 g/mol. The SMILES string of the molecule is CC(Cn1nc(C)cc1C)=NNc1nc2c(c(=O)n(C)c(=O)n2C)n1C. The highest BCUT2D eigenvalue weighted by atomic mass is 16.2. The van der Waals surface area contributed by atoms with E-state index in [1.807, 2.05) is 31.5 Å². The van der Waals surface area contributed by atoms with Gasteiger partial charge in [-0.3, -0.25) is 18.6 Å². The first-order chi connectivity index (χ1) is 12.2. The molecule has 0 bridgehead atoms. The van der Waals surface area contributed by atoms with Gasteiger partial charge in [0.05, 0.1) is 18.0 Å². The maximum atomic E-state index is 12.4. The lowest BCUT2D eigenvalue weighted by molar-refractivity contribution is 0.689. The number of anilines is 1. The van der Waals surface area contributed by atoms with Gasteiger partial charge in [0.25, 0.3) is 5.56 Å². The Balaban J connectivity index is 1.94. The van der Waals surface area contributed by atoms with Crippen LogP contribution in [0.2, 0.25) is 0 Å². The average molecular weight is 358 g/mol.